The van der Waals surface area contributed by atoms with Gasteiger partial charge < -0.3 is 29.7 Å². The first-order valence-electron chi connectivity index (χ1n) is 23.5. The Hall–Kier alpha value is -2.25. The van der Waals surface area contributed by atoms with Gasteiger partial charge in [0.15, 0.2) is 0 Å². The molecule has 2 N–H and O–H groups in total. The van der Waals surface area contributed by atoms with Crippen LogP contribution in [0.3, 0.4) is 0 Å². The van der Waals surface area contributed by atoms with Crippen molar-refractivity contribution in [3.8, 4) is 0 Å². The molecule has 0 aliphatic carbocycles. The first-order chi connectivity index (χ1) is 28.8. The Labute approximate surface area is 365 Å². The van der Waals surface area contributed by atoms with Crippen LogP contribution in [0.2, 0.25) is 0 Å². The zero-order chi connectivity index (χ0) is 43.2. The van der Waals surface area contributed by atoms with Crippen LogP contribution < -0.4 is 21.5 Å². The first kappa shape index (κ1) is 54.8. The van der Waals surface area contributed by atoms with E-state index in [1.165, 1.54) is 103 Å². The molecule has 11 nitrogen and oxygen atoms in total. The Kier molecular flexibility index (Phi) is 35.9. The first-order valence-corrected chi connectivity index (χ1v) is 26.0. The van der Waals surface area contributed by atoms with E-state index in [-0.39, 0.29) is 43.9 Å². The van der Waals surface area contributed by atoms with Gasteiger partial charge in [0.2, 0.25) is 0 Å². The lowest BCUT2D eigenvalue weighted by atomic mass is 9.94. The van der Waals surface area contributed by atoms with Crippen molar-refractivity contribution >= 4 is 50.9 Å². The normalized spacial score (nSPS) is 11.4. The van der Waals surface area contributed by atoms with Crippen LogP contribution in [-0.2, 0) is 28.6 Å². The van der Waals surface area contributed by atoms with Crippen molar-refractivity contribution in [2.45, 2.75) is 181 Å². The number of esters is 3. The van der Waals surface area contributed by atoms with Crippen molar-refractivity contribution in [1.29, 1.82) is 0 Å². The summed E-state index contributed by atoms with van der Waals surface area (Å²) in [5, 5.41) is 5.80. The molecule has 0 spiro atoms. The van der Waals surface area contributed by atoms with Gasteiger partial charge in [0.1, 0.15) is 31.2 Å². The van der Waals surface area contributed by atoms with E-state index in [4.69, 9.17) is 14.2 Å². The molecule has 0 aliphatic rings. The lowest BCUT2D eigenvalue weighted by molar-refractivity contribution is -0.155. The maximum atomic E-state index is 13.1. The van der Waals surface area contributed by atoms with E-state index in [1.54, 1.807) is 17.8 Å². The largest absolute Gasteiger partial charge is 0.465 e. The summed E-state index contributed by atoms with van der Waals surface area (Å²) >= 11 is 0. The molecule has 342 valence electrons. The molecule has 0 aliphatic heterocycles. The summed E-state index contributed by atoms with van der Waals surface area (Å²) in [5.74, 6) is 0.892. The van der Waals surface area contributed by atoms with Crippen LogP contribution in [0, 0.1) is 5.92 Å². The lowest BCUT2D eigenvalue weighted by Gasteiger charge is -2.22. The SMILES string of the molecule is CCCCCCCCCCSSCCOC(=O)CCN(CCCNc1c(NC)c(=O)c1=O)CCC(=O)OCCOC(=O)C(CCCCCCCC)CCCCCCCC. The smallest absolute Gasteiger partial charge is 0.309 e. The maximum absolute atomic E-state index is 13.1. The van der Waals surface area contributed by atoms with E-state index in [0.29, 0.717) is 50.6 Å². The van der Waals surface area contributed by atoms with Gasteiger partial charge >= 0.3 is 17.9 Å². The number of unbranched alkanes of at least 4 members (excludes halogenated alkanes) is 17. The molecule has 0 atom stereocenters. The molecule has 1 rings (SSSR count). The van der Waals surface area contributed by atoms with Gasteiger partial charge in [0.05, 0.1) is 18.8 Å². The molecule has 0 aromatic heterocycles. The second kappa shape index (κ2) is 38.7. The van der Waals surface area contributed by atoms with E-state index in [2.05, 4.69) is 31.4 Å². The fourth-order valence-electron chi connectivity index (χ4n) is 7.03. The van der Waals surface area contributed by atoms with Crippen molar-refractivity contribution < 1.29 is 28.6 Å². The molecular weight excluding hydrogens is 787 g/mol. The van der Waals surface area contributed by atoms with Crippen LogP contribution in [-0.4, -0.2) is 87.4 Å². The molecule has 0 fully saturated rings. The average molecular weight is 870 g/mol. The van der Waals surface area contributed by atoms with Crippen molar-refractivity contribution in [2.75, 3.05) is 75.2 Å². The number of carbonyl (C=O) groups excluding carboxylic acids is 3. The van der Waals surface area contributed by atoms with Crippen LogP contribution in [0.5, 0.6) is 0 Å². The summed E-state index contributed by atoms with van der Waals surface area (Å²) in [6, 6.07) is 0. The Bertz CT molecular complexity index is 1260. The highest BCUT2D eigenvalue weighted by molar-refractivity contribution is 8.76. The van der Waals surface area contributed by atoms with Gasteiger partial charge in [-0.15, -0.1) is 0 Å². The standard InChI is InChI=1S/C46H83N3O8S2/c1-5-8-11-14-17-18-21-24-37-58-59-38-36-56-41(51)29-33-49(31-25-30-48-43-42(47-4)44(52)45(43)53)32-28-40(50)55-34-35-57-46(54)39(26-22-19-15-12-9-6-2)27-23-20-16-13-10-7-3/h39,47-48H,5-38H2,1-4H3. The number of nitrogens with one attached hydrogen (secondary N) is 2. The third-order valence-electron chi connectivity index (χ3n) is 10.7. The van der Waals surface area contributed by atoms with Crippen LogP contribution in [0.15, 0.2) is 9.59 Å². The van der Waals surface area contributed by atoms with Crippen molar-refractivity contribution in [1.82, 2.24) is 4.90 Å². The van der Waals surface area contributed by atoms with Crippen LogP contribution in [0.25, 0.3) is 0 Å². The number of carbonyl (C=O) groups is 3. The predicted octanol–water partition coefficient (Wildman–Crippen LogP) is 10.5. The summed E-state index contributed by atoms with van der Waals surface area (Å²) in [5.41, 5.74) is -0.468. The van der Waals surface area contributed by atoms with E-state index >= 15 is 0 Å². The highest BCUT2D eigenvalue weighted by atomic mass is 33.1. The van der Waals surface area contributed by atoms with Crippen LogP contribution in [0.4, 0.5) is 11.4 Å². The number of hydrogen-bond donors (Lipinski definition) is 2. The predicted molar refractivity (Wildman–Crippen MR) is 250 cm³/mol. The van der Waals surface area contributed by atoms with Gasteiger partial charge in [-0.2, -0.15) is 0 Å². The van der Waals surface area contributed by atoms with E-state index in [1.807, 2.05) is 15.7 Å². The fraction of sp³-hybridized carbons (Fsp3) is 0.848. The summed E-state index contributed by atoms with van der Waals surface area (Å²) in [6.45, 7) is 8.87. The molecule has 13 heteroatoms. The highest BCUT2D eigenvalue weighted by Crippen LogP contribution is 2.23. The van der Waals surface area contributed by atoms with Crippen molar-refractivity contribution in [3.05, 3.63) is 20.4 Å². The zero-order valence-corrected chi connectivity index (χ0v) is 39.3. The van der Waals surface area contributed by atoms with E-state index in [9.17, 15) is 24.0 Å². The van der Waals surface area contributed by atoms with Gasteiger partial charge in [-0.05, 0) is 32.2 Å². The second-order valence-electron chi connectivity index (χ2n) is 15.8. The van der Waals surface area contributed by atoms with Gasteiger partial charge in [-0.25, -0.2) is 0 Å². The van der Waals surface area contributed by atoms with E-state index < -0.39 is 16.8 Å². The summed E-state index contributed by atoms with van der Waals surface area (Å²) in [7, 11) is 5.19. The maximum Gasteiger partial charge on any atom is 0.309 e. The van der Waals surface area contributed by atoms with Crippen molar-refractivity contribution in [3.63, 3.8) is 0 Å². The number of rotatable bonds is 43. The van der Waals surface area contributed by atoms with Crippen molar-refractivity contribution in [2.24, 2.45) is 5.92 Å². The second-order valence-corrected chi connectivity index (χ2v) is 18.5. The quantitative estimate of drug-likeness (QED) is 0.0212. The molecule has 0 bridgehead atoms. The topological polar surface area (TPSA) is 140 Å². The molecule has 1 aromatic carbocycles. The molecule has 1 aromatic rings. The molecule has 59 heavy (non-hydrogen) atoms. The Morgan fingerprint density at radius 1 is 0.542 bits per heavy atom. The minimum atomic E-state index is -0.529. The van der Waals surface area contributed by atoms with Gasteiger partial charge in [0.25, 0.3) is 10.9 Å². The molecule has 0 unspecified atom stereocenters. The number of ether oxygens (including phenoxy) is 3. The van der Waals surface area contributed by atoms with Gasteiger partial charge in [-0.3, -0.25) is 24.0 Å². The molecule has 0 saturated carbocycles. The van der Waals surface area contributed by atoms with Gasteiger partial charge in [-0.1, -0.05) is 164 Å². The number of hydrogen-bond acceptors (Lipinski definition) is 13. The zero-order valence-electron chi connectivity index (χ0n) is 37.6. The number of anilines is 2. The van der Waals surface area contributed by atoms with Gasteiger partial charge in [0, 0.05) is 38.2 Å². The number of nitrogens with zero attached hydrogens (tertiary/aromatic N) is 1. The molecule has 0 amide bonds. The average Bonchev–Trinajstić information content (AvgIpc) is 3.24. The summed E-state index contributed by atoms with van der Waals surface area (Å²) in [4.78, 5) is 64.1. The van der Waals surface area contributed by atoms with E-state index in [0.717, 1.165) is 50.0 Å². The molecule has 0 heterocycles. The Balaban J connectivity index is 2.47. The Morgan fingerprint density at radius 3 is 1.54 bits per heavy atom. The lowest BCUT2D eigenvalue weighted by Crippen LogP contribution is -2.37. The minimum absolute atomic E-state index is 0.00660. The summed E-state index contributed by atoms with van der Waals surface area (Å²) < 4.78 is 16.5. The fourth-order valence-corrected chi connectivity index (χ4v) is 9.01. The third kappa shape index (κ3) is 28.8. The third-order valence-corrected chi connectivity index (χ3v) is 13.2. The van der Waals surface area contributed by atoms with Crippen LogP contribution in [0.1, 0.15) is 181 Å². The minimum Gasteiger partial charge on any atom is -0.465 e. The molecular formula is C46H83N3O8S2. The van der Waals surface area contributed by atoms with Crippen LogP contribution >= 0.6 is 21.6 Å². The Morgan fingerprint density at radius 2 is 1.00 bits per heavy atom. The molecule has 0 radical (unpaired) electrons. The highest BCUT2D eigenvalue weighted by Gasteiger charge is 2.21. The molecule has 0 saturated heterocycles. The monoisotopic (exact) mass is 870 g/mol. The summed E-state index contributed by atoms with van der Waals surface area (Å²) in [6.07, 6.45) is 27.3.